The van der Waals surface area contributed by atoms with Gasteiger partial charge in [-0.3, -0.25) is 9.78 Å². The smallest absolute Gasteiger partial charge is 0.257 e. The van der Waals surface area contributed by atoms with Crippen molar-refractivity contribution in [1.29, 1.82) is 0 Å². The molecule has 1 N–H and O–H groups in total. The molecule has 1 amide bonds. The minimum absolute atomic E-state index is 0.0548. The first-order chi connectivity index (χ1) is 24.4. The highest BCUT2D eigenvalue weighted by Gasteiger charge is 2.45. The SMILES string of the molecule is COc1c(F)ccc2c1CC[C@H]2Nc1nccc2cc(-c3c4c(nc(CCc5ccccc5F)c3-c3nnc(C)o3)[C@@H]3CCCN3C4=O)sc12. The summed E-state index contributed by atoms with van der Waals surface area (Å²) < 4.78 is 41.7. The molecule has 2 aliphatic heterocycles. The quantitative estimate of drug-likeness (QED) is 0.171. The number of thiophene rings is 1. The molecule has 50 heavy (non-hydrogen) atoms. The highest BCUT2D eigenvalue weighted by atomic mass is 32.1. The van der Waals surface area contributed by atoms with E-state index in [2.05, 4.69) is 21.6 Å². The van der Waals surface area contributed by atoms with Gasteiger partial charge >= 0.3 is 0 Å². The van der Waals surface area contributed by atoms with Crippen molar-refractivity contribution in [1.82, 2.24) is 25.1 Å². The van der Waals surface area contributed by atoms with Gasteiger partial charge < -0.3 is 19.4 Å². The van der Waals surface area contributed by atoms with E-state index in [0.29, 0.717) is 71.2 Å². The van der Waals surface area contributed by atoms with Crippen molar-refractivity contribution >= 4 is 33.1 Å². The second kappa shape index (κ2) is 12.0. The third kappa shape index (κ3) is 4.87. The number of pyridine rings is 2. The number of amides is 1. The summed E-state index contributed by atoms with van der Waals surface area (Å²) in [6, 6.07) is 13.9. The molecule has 6 heterocycles. The van der Waals surface area contributed by atoms with E-state index in [0.717, 1.165) is 51.0 Å². The van der Waals surface area contributed by atoms with Gasteiger partial charge in [0, 0.05) is 35.7 Å². The Balaban J connectivity index is 1.20. The number of carbonyl (C=O) groups excluding carboxylic acids is 1. The largest absolute Gasteiger partial charge is 0.493 e. The first-order valence-electron chi connectivity index (χ1n) is 16.8. The fourth-order valence-corrected chi connectivity index (χ4v) is 9.09. The van der Waals surface area contributed by atoms with Gasteiger partial charge in [-0.05, 0) is 79.3 Å². The summed E-state index contributed by atoms with van der Waals surface area (Å²) in [5, 5.41) is 13.2. The summed E-state index contributed by atoms with van der Waals surface area (Å²) >= 11 is 1.53. The number of hydrogen-bond donors (Lipinski definition) is 1. The molecule has 0 bridgehead atoms. The minimum atomic E-state index is -0.365. The van der Waals surface area contributed by atoms with Crippen LogP contribution in [0.3, 0.4) is 0 Å². The number of fused-ring (bicyclic) bond motifs is 5. The van der Waals surface area contributed by atoms with E-state index < -0.39 is 0 Å². The number of aryl methyl sites for hydroxylation is 3. The number of rotatable bonds is 8. The molecule has 1 fully saturated rings. The monoisotopic (exact) mass is 690 g/mol. The van der Waals surface area contributed by atoms with E-state index in [4.69, 9.17) is 19.1 Å². The van der Waals surface area contributed by atoms with Crippen molar-refractivity contribution in [2.24, 2.45) is 0 Å². The molecular weight excluding hydrogens is 659 g/mol. The van der Waals surface area contributed by atoms with E-state index in [1.54, 1.807) is 25.3 Å². The van der Waals surface area contributed by atoms with Crippen LogP contribution in [0.4, 0.5) is 14.6 Å². The highest BCUT2D eigenvalue weighted by molar-refractivity contribution is 7.23. The number of benzene rings is 2. The Hall–Kier alpha value is -5.23. The van der Waals surface area contributed by atoms with Crippen LogP contribution in [0.25, 0.3) is 32.0 Å². The van der Waals surface area contributed by atoms with Gasteiger partial charge in [-0.1, -0.05) is 24.3 Å². The lowest BCUT2D eigenvalue weighted by Crippen LogP contribution is -2.22. The predicted octanol–water partition coefficient (Wildman–Crippen LogP) is 8.18. The molecule has 9 rings (SSSR count). The molecule has 12 heteroatoms. The van der Waals surface area contributed by atoms with Crippen LogP contribution in [0, 0.1) is 18.6 Å². The highest BCUT2D eigenvalue weighted by Crippen LogP contribution is 2.51. The van der Waals surface area contributed by atoms with Crippen LogP contribution in [0.1, 0.15) is 75.7 Å². The number of ether oxygens (including phenoxy) is 1. The number of hydrogen-bond acceptors (Lipinski definition) is 9. The maximum Gasteiger partial charge on any atom is 0.257 e. The maximum atomic E-state index is 14.8. The van der Waals surface area contributed by atoms with Crippen LogP contribution in [0.15, 0.2) is 59.1 Å². The number of anilines is 1. The molecule has 2 aromatic carbocycles. The van der Waals surface area contributed by atoms with Gasteiger partial charge in [0.05, 0.1) is 46.4 Å². The third-order valence-corrected chi connectivity index (χ3v) is 11.3. The normalized spacial score (nSPS) is 17.8. The zero-order valence-corrected chi connectivity index (χ0v) is 28.2. The van der Waals surface area contributed by atoms with Crippen LogP contribution < -0.4 is 10.1 Å². The Morgan fingerprint density at radius 2 is 1.92 bits per heavy atom. The lowest BCUT2D eigenvalue weighted by molar-refractivity contribution is 0.0776. The first-order valence-corrected chi connectivity index (χ1v) is 17.6. The molecule has 0 radical (unpaired) electrons. The van der Waals surface area contributed by atoms with Crippen molar-refractivity contribution in [3.8, 4) is 27.6 Å². The standard InChI is InChI=1S/C38H32F2N6O3S/c1-19-44-45-37(49-19)30-27(13-9-20-6-3-4-7-24(20)39)42-33-28-8-5-17-46(28)38(47)32(33)31(30)29-18-21-15-16-41-36(35(21)50-29)43-26-14-11-23-22(26)10-12-25(40)34(23)48-2/h3-4,6-7,10,12,15-16,18,26,28H,5,8-9,11,13-14,17H2,1-2H3,(H,41,43)/t26-,28+/m1/s1. The van der Waals surface area contributed by atoms with Crippen LogP contribution in [-0.4, -0.2) is 44.6 Å². The summed E-state index contributed by atoms with van der Waals surface area (Å²) in [4.78, 5) is 26.9. The third-order valence-electron chi connectivity index (χ3n) is 10.2. The lowest BCUT2D eigenvalue weighted by atomic mass is 9.93. The molecule has 252 valence electrons. The Morgan fingerprint density at radius 3 is 2.74 bits per heavy atom. The van der Waals surface area contributed by atoms with Crippen LogP contribution >= 0.6 is 11.3 Å². The predicted molar refractivity (Wildman–Crippen MR) is 185 cm³/mol. The molecule has 9 nitrogen and oxygen atoms in total. The molecule has 6 aromatic rings. The number of methoxy groups -OCH3 is 1. The summed E-state index contributed by atoms with van der Waals surface area (Å²) in [7, 11) is 1.49. The van der Waals surface area contributed by atoms with Crippen molar-refractivity contribution in [3.05, 3.63) is 106 Å². The van der Waals surface area contributed by atoms with Gasteiger partial charge in [-0.2, -0.15) is 0 Å². The summed E-state index contributed by atoms with van der Waals surface area (Å²) in [6.45, 7) is 2.40. The van der Waals surface area contributed by atoms with Gasteiger partial charge in [-0.25, -0.2) is 13.8 Å². The van der Waals surface area contributed by atoms with Crippen molar-refractivity contribution < 1.29 is 22.7 Å². The average Bonchev–Trinajstić information content (AvgIpc) is 3.95. The Morgan fingerprint density at radius 1 is 1.04 bits per heavy atom. The van der Waals surface area contributed by atoms with Gasteiger partial charge in [0.2, 0.25) is 11.8 Å². The molecule has 2 atom stereocenters. The zero-order valence-electron chi connectivity index (χ0n) is 27.4. The molecule has 1 saturated heterocycles. The Kier molecular flexibility index (Phi) is 7.38. The van der Waals surface area contributed by atoms with Crippen molar-refractivity contribution in [2.75, 3.05) is 19.0 Å². The van der Waals surface area contributed by atoms with E-state index in [1.807, 2.05) is 23.1 Å². The number of carbonyl (C=O) groups is 1. The first kappa shape index (κ1) is 30.8. The lowest BCUT2D eigenvalue weighted by Gasteiger charge is -2.16. The molecule has 0 unspecified atom stereocenters. The fourth-order valence-electron chi connectivity index (χ4n) is 7.93. The van der Waals surface area contributed by atoms with Crippen LogP contribution in [0.2, 0.25) is 0 Å². The van der Waals surface area contributed by atoms with E-state index in [9.17, 15) is 13.6 Å². The molecule has 0 saturated carbocycles. The van der Waals surface area contributed by atoms with Gasteiger partial charge in [-0.15, -0.1) is 21.5 Å². The fraction of sp³-hybridized carbons (Fsp3) is 0.289. The van der Waals surface area contributed by atoms with E-state index >= 15 is 0 Å². The second-order valence-electron chi connectivity index (χ2n) is 13.0. The van der Waals surface area contributed by atoms with Crippen molar-refractivity contribution in [3.63, 3.8) is 0 Å². The van der Waals surface area contributed by atoms with Crippen LogP contribution in [-0.2, 0) is 19.3 Å². The average molecular weight is 691 g/mol. The molecule has 0 spiro atoms. The van der Waals surface area contributed by atoms with Crippen molar-refractivity contribution in [2.45, 2.75) is 57.5 Å². The van der Waals surface area contributed by atoms with Gasteiger partial charge in [0.1, 0.15) is 11.6 Å². The van der Waals surface area contributed by atoms with Gasteiger partial charge in [0.25, 0.3) is 5.91 Å². The number of nitrogens with zero attached hydrogens (tertiary/aromatic N) is 5. The molecule has 4 aromatic heterocycles. The van der Waals surface area contributed by atoms with E-state index in [1.165, 1.54) is 30.6 Å². The number of aromatic nitrogens is 4. The molecular formula is C38H32F2N6O3S. The number of halogens is 2. The minimum Gasteiger partial charge on any atom is -0.493 e. The Bertz CT molecular complexity index is 2340. The zero-order chi connectivity index (χ0) is 34.1. The Labute approximate surface area is 290 Å². The summed E-state index contributed by atoms with van der Waals surface area (Å²) in [5.74, 6) is 0.964. The summed E-state index contributed by atoms with van der Waals surface area (Å²) in [6.07, 6.45) is 5.77. The molecule has 3 aliphatic rings. The second-order valence-corrected chi connectivity index (χ2v) is 14.1. The number of nitrogens with one attached hydrogen (secondary N) is 1. The van der Waals surface area contributed by atoms with Gasteiger partial charge in [0.15, 0.2) is 11.6 Å². The molecule has 1 aliphatic carbocycles. The topological polar surface area (TPSA) is 106 Å². The summed E-state index contributed by atoms with van der Waals surface area (Å²) in [5.41, 5.74) is 5.75. The maximum absolute atomic E-state index is 14.8. The van der Waals surface area contributed by atoms with E-state index in [-0.39, 0.29) is 35.5 Å². The van der Waals surface area contributed by atoms with Crippen LogP contribution in [0.5, 0.6) is 5.75 Å².